The van der Waals surface area contributed by atoms with Crippen LogP contribution in [0.4, 0.5) is 39.5 Å². The van der Waals surface area contributed by atoms with Gasteiger partial charge in [-0.3, -0.25) is 0 Å². The van der Waals surface area contributed by atoms with Crippen LogP contribution in [0.25, 0.3) is 0 Å². The Labute approximate surface area is 154 Å². The number of hydrogen-bond donors (Lipinski definition) is 0. The quantitative estimate of drug-likeness (QED) is 0.295. The third-order valence-electron chi connectivity index (χ3n) is 3.26. The van der Waals surface area contributed by atoms with Crippen LogP contribution in [0.1, 0.15) is 26.2 Å². The minimum absolute atomic E-state index is 0. The van der Waals surface area contributed by atoms with Gasteiger partial charge in [0.1, 0.15) is 6.54 Å². The average Bonchev–Trinajstić information content (AvgIpc) is 2.89. The maximum Gasteiger partial charge on any atom is 0.460 e. The third kappa shape index (κ3) is 5.12. The van der Waals surface area contributed by atoms with Gasteiger partial charge >= 0.3 is 23.9 Å². The predicted molar refractivity (Wildman–Crippen MR) is 62.8 cm³/mol. The summed E-state index contributed by atoms with van der Waals surface area (Å²) in [6.07, 6.45) is -5.03. The Balaban J connectivity index is 0.00000576. The van der Waals surface area contributed by atoms with Crippen LogP contribution in [0.3, 0.4) is 0 Å². The van der Waals surface area contributed by atoms with Crippen LogP contribution in [0, 0.1) is 0 Å². The van der Waals surface area contributed by atoms with Gasteiger partial charge in [0.05, 0.1) is 6.54 Å². The maximum absolute atomic E-state index is 13.4. The van der Waals surface area contributed by atoms with Gasteiger partial charge in [0.2, 0.25) is 6.33 Å². The summed E-state index contributed by atoms with van der Waals surface area (Å²) < 4.78 is 116. The van der Waals surface area contributed by atoms with E-state index >= 15 is 0 Å². The summed E-state index contributed by atoms with van der Waals surface area (Å²) in [7, 11) is 0. The van der Waals surface area contributed by atoms with Crippen LogP contribution in [0.15, 0.2) is 12.7 Å². The summed E-state index contributed by atoms with van der Waals surface area (Å²) in [5, 5.41) is 3.72. The highest BCUT2D eigenvalue weighted by Gasteiger charge is 2.81. The van der Waals surface area contributed by atoms with Crippen molar-refractivity contribution in [3.63, 3.8) is 0 Å². The molecule has 148 valence electrons. The van der Waals surface area contributed by atoms with Crippen LogP contribution in [-0.2, 0) is 13.1 Å². The largest absolute Gasteiger partial charge is 1.00 e. The van der Waals surface area contributed by atoms with Crippen molar-refractivity contribution in [2.24, 2.45) is 0 Å². The maximum atomic E-state index is 13.4. The number of hydrogen-bond acceptors (Lipinski definition) is 1. The van der Waals surface area contributed by atoms with Crippen LogP contribution >= 0.6 is 0 Å². The lowest BCUT2D eigenvalue weighted by Crippen LogP contribution is -3.00. The van der Waals surface area contributed by atoms with E-state index < -0.39 is 36.9 Å². The zero-order chi connectivity index (χ0) is 18.8. The number of alkyl halides is 9. The summed E-state index contributed by atoms with van der Waals surface area (Å²) in [5.41, 5.74) is 0. The number of aromatic nitrogens is 3. The molecule has 0 bridgehead atoms. The highest BCUT2D eigenvalue weighted by atomic mass is 127. The fraction of sp³-hybridized carbons (Fsp3) is 0.833. The molecule has 0 aliphatic carbocycles. The van der Waals surface area contributed by atoms with E-state index in [-0.39, 0.29) is 24.0 Å². The van der Waals surface area contributed by atoms with Gasteiger partial charge in [-0.15, -0.1) is 4.68 Å². The highest BCUT2D eigenvalue weighted by molar-refractivity contribution is 4.99. The lowest BCUT2D eigenvalue weighted by atomic mass is 10.0. The second-order valence-corrected chi connectivity index (χ2v) is 5.20. The SMILES string of the molecule is CCCCn1c[n+](CCC(F)(F)C(F)(F)C(F)(F)C(F)(F)F)cn1.[I-]. The van der Waals surface area contributed by atoms with E-state index in [4.69, 9.17) is 0 Å². The summed E-state index contributed by atoms with van der Waals surface area (Å²) in [6.45, 7) is 1.39. The molecule has 0 aliphatic heterocycles. The summed E-state index contributed by atoms with van der Waals surface area (Å²) in [6, 6.07) is 0. The zero-order valence-electron chi connectivity index (χ0n) is 12.8. The topological polar surface area (TPSA) is 21.7 Å². The normalized spacial score (nSPS) is 13.7. The van der Waals surface area contributed by atoms with E-state index in [1.54, 1.807) is 0 Å². The third-order valence-corrected chi connectivity index (χ3v) is 3.26. The summed E-state index contributed by atoms with van der Waals surface area (Å²) in [4.78, 5) is 0. The zero-order valence-corrected chi connectivity index (χ0v) is 15.0. The number of nitrogens with zero attached hydrogens (tertiary/aromatic N) is 3. The van der Waals surface area contributed by atoms with Crippen molar-refractivity contribution >= 4 is 0 Å². The molecular weight excluding hydrogens is 484 g/mol. The molecule has 0 amide bonds. The first-order valence-electron chi connectivity index (χ1n) is 6.88. The number of halogens is 10. The minimum atomic E-state index is -6.85. The van der Waals surface area contributed by atoms with Crippen LogP contribution in [0.5, 0.6) is 0 Å². The molecule has 0 N–H and O–H groups in total. The van der Waals surface area contributed by atoms with Crippen LogP contribution in [0.2, 0.25) is 0 Å². The minimum Gasteiger partial charge on any atom is -1.00 e. The van der Waals surface area contributed by atoms with Gasteiger partial charge in [0, 0.05) is 11.5 Å². The lowest BCUT2D eigenvalue weighted by Gasteiger charge is -2.33. The predicted octanol–water partition coefficient (Wildman–Crippen LogP) is 0.833. The van der Waals surface area contributed by atoms with Crippen LogP contribution < -0.4 is 28.5 Å². The average molecular weight is 499 g/mol. The fourth-order valence-corrected chi connectivity index (χ4v) is 1.75. The number of aryl methyl sites for hydroxylation is 2. The van der Waals surface area contributed by atoms with Crippen molar-refractivity contribution in [3.05, 3.63) is 12.7 Å². The first-order valence-corrected chi connectivity index (χ1v) is 6.88. The van der Waals surface area contributed by atoms with Crippen LogP contribution in [-0.4, -0.2) is 33.7 Å². The van der Waals surface area contributed by atoms with E-state index in [2.05, 4.69) is 5.10 Å². The molecule has 25 heavy (non-hydrogen) atoms. The Hall–Kier alpha value is -0.760. The molecular formula is C12H15F9IN3. The monoisotopic (exact) mass is 499 g/mol. The van der Waals surface area contributed by atoms with E-state index in [9.17, 15) is 39.5 Å². The molecule has 0 unspecified atom stereocenters. The molecule has 0 saturated heterocycles. The molecule has 0 spiro atoms. The van der Waals surface area contributed by atoms with Crippen molar-refractivity contribution in [2.45, 2.75) is 63.2 Å². The molecule has 3 nitrogen and oxygen atoms in total. The van der Waals surface area contributed by atoms with E-state index in [1.807, 2.05) is 6.92 Å². The fourth-order valence-electron chi connectivity index (χ4n) is 1.75. The Morgan fingerprint density at radius 1 is 0.960 bits per heavy atom. The highest BCUT2D eigenvalue weighted by Crippen LogP contribution is 2.53. The molecule has 1 rings (SSSR count). The summed E-state index contributed by atoms with van der Waals surface area (Å²) >= 11 is 0. The Morgan fingerprint density at radius 3 is 2.00 bits per heavy atom. The van der Waals surface area contributed by atoms with Gasteiger partial charge < -0.3 is 24.0 Å². The van der Waals surface area contributed by atoms with Crippen molar-refractivity contribution in [1.29, 1.82) is 0 Å². The van der Waals surface area contributed by atoms with Gasteiger partial charge in [0.15, 0.2) is 0 Å². The van der Waals surface area contributed by atoms with Crippen molar-refractivity contribution < 1.29 is 68.1 Å². The van der Waals surface area contributed by atoms with Gasteiger partial charge in [0.25, 0.3) is 6.33 Å². The van der Waals surface area contributed by atoms with Crippen molar-refractivity contribution in [2.75, 3.05) is 0 Å². The smallest absolute Gasteiger partial charge is 0.460 e. The molecule has 1 heterocycles. The van der Waals surface area contributed by atoms with Gasteiger partial charge in [-0.1, -0.05) is 13.3 Å². The molecule has 13 heteroatoms. The van der Waals surface area contributed by atoms with E-state index in [0.717, 1.165) is 17.3 Å². The molecule has 1 aromatic rings. The van der Waals surface area contributed by atoms with Gasteiger partial charge in [-0.05, 0) is 6.42 Å². The first-order chi connectivity index (χ1) is 10.8. The first kappa shape index (κ1) is 24.2. The molecule has 0 aliphatic rings. The van der Waals surface area contributed by atoms with Crippen molar-refractivity contribution in [1.82, 2.24) is 9.78 Å². The Morgan fingerprint density at radius 2 is 1.52 bits per heavy atom. The Kier molecular flexibility index (Phi) is 8.04. The number of rotatable bonds is 8. The summed E-state index contributed by atoms with van der Waals surface area (Å²) in [5.74, 6) is -19.0. The lowest BCUT2D eigenvalue weighted by molar-refractivity contribution is -0.701. The molecule has 0 aromatic carbocycles. The molecule has 1 aromatic heterocycles. The standard InChI is InChI=1S/C12H15F9N3.HI/c1-2-3-5-24-8-23(7-22-24)6-4-9(13,14)10(15,16)11(17,18)12(19,20)21;/h7-8H,2-6H2,1H3;1H/q+1;/p-1. The molecule has 0 radical (unpaired) electrons. The molecule has 0 atom stereocenters. The second-order valence-electron chi connectivity index (χ2n) is 5.20. The van der Waals surface area contributed by atoms with Gasteiger partial charge in [-0.2, -0.15) is 39.5 Å². The number of unbranched alkanes of at least 4 members (excludes halogenated alkanes) is 1. The molecule has 0 fully saturated rings. The van der Waals surface area contributed by atoms with Crippen molar-refractivity contribution in [3.8, 4) is 0 Å². The van der Waals surface area contributed by atoms with E-state index in [1.165, 1.54) is 11.0 Å². The Bertz CT molecular complexity index is 542. The molecule has 0 saturated carbocycles. The van der Waals surface area contributed by atoms with Gasteiger partial charge in [-0.25, -0.2) is 4.57 Å². The second kappa shape index (κ2) is 8.29. The van der Waals surface area contributed by atoms with E-state index in [0.29, 0.717) is 13.0 Å².